The predicted octanol–water partition coefficient (Wildman–Crippen LogP) is 2.96. The molecular formula is C16H24N2O3. The van der Waals surface area contributed by atoms with Crippen molar-refractivity contribution in [2.45, 2.75) is 46.1 Å². The first-order chi connectivity index (χ1) is 10.1. The molecule has 1 unspecified atom stereocenters. The fourth-order valence-electron chi connectivity index (χ4n) is 2.05. The van der Waals surface area contributed by atoms with Crippen LogP contribution >= 0.6 is 0 Å². The predicted molar refractivity (Wildman–Crippen MR) is 83.1 cm³/mol. The van der Waals surface area contributed by atoms with Crippen LogP contribution in [-0.4, -0.2) is 29.5 Å². The van der Waals surface area contributed by atoms with Gasteiger partial charge in [-0.25, -0.2) is 0 Å². The molecule has 21 heavy (non-hydrogen) atoms. The number of oxime groups is 1. The molecule has 116 valence electrons. The number of nitrogens with one attached hydrogen (secondary N) is 1. The maximum Gasteiger partial charge on any atom is 0.258 e. The number of carbonyl (C=O) groups is 1. The van der Waals surface area contributed by atoms with Crippen molar-refractivity contribution in [1.82, 2.24) is 5.32 Å². The van der Waals surface area contributed by atoms with Crippen molar-refractivity contribution in [3.8, 4) is 5.75 Å². The standard InChI is InChI=1S/C16H24N2O3/c1-4-6-12(3)17-16(19)11-21-14-9-7-13(8-10-14)15(5-2)18-20/h7-10,12,20H,4-6,11H2,1-3H3,(H,17,19). The average molecular weight is 292 g/mol. The Morgan fingerprint density at radius 1 is 1.33 bits per heavy atom. The Morgan fingerprint density at radius 2 is 2.00 bits per heavy atom. The van der Waals surface area contributed by atoms with Crippen LogP contribution in [0.1, 0.15) is 45.6 Å². The zero-order valence-electron chi connectivity index (χ0n) is 12.9. The summed E-state index contributed by atoms with van der Waals surface area (Å²) in [6, 6.07) is 7.32. The molecule has 0 aliphatic carbocycles. The quantitative estimate of drug-likeness (QED) is 0.439. The lowest BCUT2D eigenvalue weighted by Crippen LogP contribution is -2.35. The van der Waals surface area contributed by atoms with Crippen molar-refractivity contribution in [2.75, 3.05) is 6.61 Å². The van der Waals surface area contributed by atoms with Crippen LogP contribution in [0.4, 0.5) is 0 Å². The summed E-state index contributed by atoms with van der Waals surface area (Å²) in [7, 11) is 0. The molecule has 0 saturated carbocycles. The van der Waals surface area contributed by atoms with E-state index in [2.05, 4.69) is 17.4 Å². The Bertz CT molecular complexity index is 469. The number of nitrogens with zero attached hydrogens (tertiary/aromatic N) is 1. The molecule has 1 aromatic rings. The summed E-state index contributed by atoms with van der Waals surface area (Å²) in [4.78, 5) is 11.7. The zero-order valence-corrected chi connectivity index (χ0v) is 12.9. The van der Waals surface area contributed by atoms with Crippen LogP contribution in [0.15, 0.2) is 29.4 Å². The molecule has 0 fully saturated rings. The Labute approximate surface area is 126 Å². The first-order valence-electron chi connectivity index (χ1n) is 7.34. The number of benzene rings is 1. The summed E-state index contributed by atoms with van der Waals surface area (Å²) < 4.78 is 5.43. The van der Waals surface area contributed by atoms with Crippen LogP contribution in [0.25, 0.3) is 0 Å². The van der Waals surface area contributed by atoms with Gasteiger partial charge in [-0.2, -0.15) is 0 Å². The maximum atomic E-state index is 11.7. The lowest BCUT2D eigenvalue weighted by molar-refractivity contribution is -0.123. The summed E-state index contributed by atoms with van der Waals surface area (Å²) in [6.07, 6.45) is 2.64. The summed E-state index contributed by atoms with van der Waals surface area (Å²) in [5, 5.41) is 15.0. The normalized spacial score (nSPS) is 12.8. The van der Waals surface area contributed by atoms with Crippen molar-refractivity contribution < 1.29 is 14.7 Å². The second-order valence-electron chi connectivity index (χ2n) is 4.97. The van der Waals surface area contributed by atoms with Gasteiger partial charge in [-0.15, -0.1) is 0 Å². The van der Waals surface area contributed by atoms with E-state index in [0.717, 1.165) is 18.4 Å². The number of amides is 1. The molecule has 1 amide bonds. The van der Waals surface area contributed by atoms with Crippen molar-refractivity contribution in [2.24, 2.45) is 5.16 Å². The van der Waals surface area contributed by atoms with Gasteiger partial charge in [-0.3, -0.25) is 4.79 Å². The highest BCUT2D eigenvalue weighted by atomic mass is 16.5. The minimum atomic E-state index is -0.119. The van der Waals surface area contributed by atoms with Gasteiger partial charge in [0.05, 0.1) is 5.71 Å². The van der Waals surface area contributed by atoms with Gasteiger partial charge in [-0.1, -0.05) is 25.4 Å². The van der Waals surface area contributed by atoms with Gasteiger partial charge in [-0.05, 0) is 49.6 Å². The van der Waals surface area contributed by atoms with Gasteiger partial charge in [0.15, 0.2) is 6.61 Å². The first kappa shape index (κ1) is 17.0. The molecule has 1 rings (SSSR count). The van der Waals surface area contributed by atoms with E-state index < -0.39 is 0 Å². The lowest BCUT2D eigenvalue weighted by Gasteiger charge is -2.13. The largest absolute Gasteiger partial charge is 0.484 e. The molecule has 0 bridgehead atoms. The third kappa shape index (κ3) is 5.85. The molecule has 1 aromatic carbocycles. The third-order valence-corrected chi connectivity index (χ3v) is 3.14. The van der Waals surface area contributed by atoms with Gasteiger partial charge in [0.1, 0.15) is 5.75 Å². The molecule has 1 atom stereocenters. The molecule has 0 spiro atoms. The molecule has 0 aliphatic heterocycles. The van der Waals surface area contributed by atoms with Crippen LogP contribution in [0.3, 0.4) is 0 Å². The van der Waals surface area contributed by atoms with Gasteiger partial charge in [0.25, 0.3) is 5.91 Å². The summed E-state index contributed by atoms with van der Waals surface area (Å²) in [5.41, 5.74) is 1.46. The summed E-state index contributed by atoms with van der Waals surface area (Å²) in [6.45, 7) is 5.99. The van der Waals surface area contributed by atoms with Crippen LogP contribution < -0.4 is 10.1 Å². The fraction of sp³-hybridized carbons (Fsp3) is 0.500. The smallest absolute Gasteiger partial charge is 0.258 e. The third-order valence-electron chi connectivity index (χ3n) is 3.14. The van der Waals surface area contributed by atoms with E-state index >= 15 is 0 Å². The van der Waals surface area contributed by atoms with E-state index in [0.29, 0.717) is 17.9 Å². The van der Waals surface area contributed by atoms with Crippen molar-refractivity contribution >= 4 is 11.6 Å². The molecule has 0 heterocycles. The molecule has 5 heteroatoms. The highest BCUT2D eigenvalue weighted by molar-refractivity contribution is 6.00. The molecule has 0 saturated heterocycles. The number of hydrogen-bond acceptors (Lipinski definition) is 4. The van der Waals surface area contributed by atoms with Crippen molar-refractivity contribution in [1.29, 1.82) is 0 Å². The highest BCUT2D eigenvalue weighted by Crippen LogP contribution is 2.13. The van der Waals surface area contributed by atoms with E-state index in [1.807, 2.05) is 26.0 Å². The topological polar surface area (TPSA) is 70.9 Å². The Morgan fingerprint density at radius 3 is 2.52 bits per heavy atom. The minimum absolute atomic E-state index is 0.00211. The molecule has 0 radical (unpaired) electrons. The van der Waals surface area contributed by atoms with Crippen LogP contribution in [0.2, 0.25) is 0 Å². The van der Waals surface area contributed by atoms with E-state index in [4.69, 9.17) is 9.94 Å². The van der Waals surface area contributed by atoms with Crippen LogP contribution in [0.5, 0.6) is 5.75 Å². The Kier molecular flexibility index (Phi) is 7.29. The van der Waals surface area contributed by atoms with Crippen molar-refractivity contribution in [3.63, 3.8) is 0 Å². The minimum Gasteiger partial charge on any atom is -0.484 e. The summed E-state index contributed by atoms with van der Waals surface area (Å²) >= 11 is 0. The Balaban J connectivity index is 2.48. The van der Waals surface area contributed by atoms with Crippen LogP contribution in [-0.2, 0) is 4.79 Å². The van der Waals surface area contributed by atoms with E-state index in [-0.39, 0.29) is 18.6 Å². The number of hydrogen-bond donors (Lipinski definition) is 2. The second-order valence-corrected chi connectivity index (χ2v) is 4.97. The zero-order chi connectivity index (χ0) is 15.7. The molecule has 2 N–H and O–H groups in total. The number of carbonyl (C=O) groups excluding carboxylic acids is 1. The van der Waals surface area contributed by atoms with E-state index in [1.54, 1.807) is 12.1 Å². The maximum absolute atomic E-state index is 11.7. The van der Waals surface area contributed by atoms with Gasteiger partial charge in [0.2, 0.25) is 0 Å². The molecule has 0 aromatic heterocycles. The van der Waals surface area contributed by atoms with Crippen LogP contribution in [0, 0.1) is 0 Å². The van der Waals surface area contributed by atoms with E-state index in [9.17, 15) is 4.79 Å². The van der Waals surface area contributed by atoms with E-state index in [1.165, 1.54) is 0 Å². The SMILES string of the molecule is CCCC(C)NC(=O)COc1ccc(C(CC)=NO)cc1. The first-order valence-corrected chi connectivity index (χ1v) is 7.34. The molecule has 0 aliphatic rings. The number of ether oxygens (including phenoxy) is 1. The molecule has 5 nitrogen and oxygen atoms in total. The fourth-order valence-corrected chi connectivity index (χ4v) is 2.05. The van der Waals surface area contributed by atoms with Crippen molar-refractivity contribution in [3.05, 3.63) is 29.8 Å². The van der Waals surface area contributed by atoms with Gasteiger partial charge < -0.3 is 15.3 Å². The molecular weight excluding hydrogens is 268 g/mol. The highest BCUT2D eigenvalue weighted by Gasteiger charge is 2.07. The number of rotatable bonds is 8. The van der Waals surface area contributed by atoms with Gasteiger partial charge >= 0.3 is 0 Å². The lowest BCUT2D eigenvalue weighted by atomic mass is 10.1. The summed E-state index contributed by atoms with van der Waals surface area (Å²) in [5.74, 6) is 0.497. The Hall–Kier alpha value is -2.04. The average Bonchev–Trinajstić information content (AvgIpc) is 2.48. The second kappa shape index (κ2) is 9.00. The monoisotopic (exact) mass is 292 g/mol. The van der Waals surface area contributed by atoms with Gasteiger partial charge in [0, 0.05) is 6.04 Å².